The third-order valence-corrected chi connectivity index (χ3v) is 7.48. The van der Waals surface area contributed by atoms with Gasteiger partial charge in [-0.15, -0.1) is 11.8 Å². The maximum Gasteiger partial charge on any atom is 0.229 e. The average molecular weight is 432 g/mol. The molecule has 0 spiro atoms. The number of nitrogens with one attached hydrogen (secondary N) is 1. The molecule has 0 amide bonds. The Morgan fingerprint density at radius 2 is 1.76 bits per heavy atom. The molecule has 2 aliphatic rings. The van der Waals surface area contributed by atoms with Crippen LogP contribution in [0.15, 0.2) is 53.4 Å². The Hall–Kier alpha value is -1.54. The van der Waals surface area contributed by atoms with Crippen molar-refractivity contribution in [2.45, 2.75) is 23.8 Å². The van der Waals surface area contributed by atoms with Crippen LogP contribution in [0, 0.1) is 0 Å². The molecule has 5 nitrogen and oxygen atoms in total. The second kappa shape index (κ2) is 9.08. The van der Waals surface area contributed by atoms with E-state index in [-0.39, 0.29) is 0 Å². The van der Waals surface area contributed by atoms with Crippen LogP contribution >= 0.6 is 11.8 Å². The average Bonchev–Trinajstić information content (AvgIpc) is 2.72. The van der Waals surface area contributed by atoms with Crippen LogP contribution < -0.4 is 4.72 Å². The Kier molecular flexibility index (Phi) is 6.49. The highest BCUT2D eigenvalue weighted by atomic mass is 32.2. The Balaban J connectivity index is 1.27. The molecule has 2 aromatic rings. The van der Waals surface area contributed by atoms with Gasteiger partial charge >= 0.3 is 0 Å². The Morgan fingerprint density at radius 3 is 2.48 bits per heavy atom. The number of thioether (sulfide) groups is 1. The van der Waals surface area contributed by atoms with E-state index in [0.29, 0.717) is 11.7 Å². The first kappa shape index (κ1) is 20.7. The van der Waals surface area contributed by atoms with E-state index >= 15 is 0 Å². The number of anilines is 1. The number of hydrogen-bond acceptors (Lipinski definition) is 5. The van der Waals surface area contributed by atoms with Crippen LogP contribution in [0.2, 0.25) is 0 Å². The lowest BCUT2D eigenvalue weighted by molar-refractivity contribution is 0.0932. The van der Waals surface area contributed by atoms with Gasteiger partial charge in [0.05, 0.1) is 6.26 Å². The first-order valence-electron chi connectivity index (χ1n) is 10.2. The zero-order valence-corrected chi connectivity index (χ0v) is 18.5. The lowest BCUT2D eigenvalue weighted by atomic mass is 10.0. The summed E-state index contributed by atoms with van der Waals surface area (Å²) in [4.78, 5) is 6.67. The van der Waals surface area contributed by atoms with Gasteiger partial charge in [-0.25, -0.2) is 8.42 Å². The molecule has 1 atom stereocenters. The van der Waals surface area contributed by atoms with E-state index in [4.69, 9.17) is 0 Å². The van der Waals surface area contributed by atoms with E-state index in [1.807, 2.05) is 36.0 Å². The number of benzene rings is 2. The predicted molar refractivity (Wildman–Crippen MR) is 121 cm³/mol. The highest BCUT2D eigenvalue weighted by Crippen LogP contribution is 2.39. The van der Waals surface area contributed by atoms with Gasteiger partial charge in [-0.3, -0.25) is 9.62 Å². The number of hydrogen-bond donors (Lipinski definition) is 1. The molecule has 0 radical (unpaired) electrons. The molecule has 7 heteroatoms. The molecule has 29 heavy (non-hydrogen) atoms. The van der Waals surface area contributed by atoms with Crippen LogP contribution in [0.1, 0.15) is 23.6 Å². The van der Waals surface area contributed by atoms with E-state index in [9.17, 15) is 8.42 Å². The number of rotatable bonds is 6. The quantitative estimate of drug-likeness (QED) is 0.759. The van der Waals surface area contributed by atoms with Crippen molar-refractivity contribution < 1.29 is 8.42 Å². The summed E-state index contributed by atoms with van der Waals surface area (Å²) in [7, 11) is -3.22. The molecule has 1 saturated heterocycles. The van der Waals surface area contributed by atoms with Gasteiger partial charge in [0.1, 0.15) is 0 Å². The van der Waals surface area contributed by atoms with Crippen LogP contribution in [0.3, 0.4) is 0 Å². The molecule has 0 saturated carbocycles. The van der Waals surface area contributed by atoms with Gasteiger partial charge in [0, 0.05) is 49.3 Å². The lowest BCUT2D eigenvalue weighted by Crippen LogP contribution is -2.48. The van der Waals surface area contributed by atoms with E-state index in [2.05, 4.69) is 38.8 Å². The smallest absolute Gasteiger partial charge is 0.229 e. The molecule has 2 aromatic carbocycles. The summed E-state index contributed by atoms with van der Waals surface area (Å²) < 4.78 is 25.1. The predicted octanol–water partition coefficient (Wildman–Crippen LogP) is 3.46. The minimum Gasteiger partial charge on any atom is -0.300 e. The van der Waals surface area contributed by atoms with Crippen LogP contribution in [-0.2, 0) is 16.4 Å². The monoisotopic (exact) mass is 431 g/mol. The van der Waals surface area contributed by atoms with Crippen molar-refractivity contribution in [3.05, 3.63) is 59.7 Å². The summed E-state index contributed by atoms with van der Waals surface area (Å²) in [5.41, 5.74) is 3.38. The van der Waals surface area contributed by atoms with Crippen LogP contribution in [-0.4, -0.2) is 63.0 Å². The number of fused-ring (bicyclic) bond motifs is 1. The topological polar surface area (TPSA) is 52.7 Å². The van der Waals surface area contributed by atoms with E-state index in [1.165, 1.54) is 34.5 Å². The number of nitrogens with zero attached hydrogens (tertiary/aromatic N) is 2. The fourth-order valence-corrected chi connectivity index (χ4v) is 5.91. The molecule has 1 fully saturated rings. The summed E-state index contributed by atoms with van der Waals surface area (Å²) in [5.74, 6) is 1.21. The van der Waals surface area contributed by atoms with Gasteiger partial charge in [-0.1, -0.05) is 30.3 Å². The van der Waals surface area contributed by atoms with E-state index in [1.54, 1.807) is 0 Å². The first-order valence-corrected chi connectivity index (χ1v) is 13.1. The van der Waals surface area contributed by atoms with Gasteiger partial charge < -0.3 is 4.90 Å². The Bertz CT molecular complexity index is 923. The molecule has 156 valence electrons. The zero-order chi connectivity index (χ0) is 20.3. The minimum absolute atomic E-state index is 0.574. The second-order valence-corrected chi connectivity index (χ2v) is 10.8. The van der Waals surface area contributed by atoms with Crippen molar-refractivity contribution in [1.29, 1.82) is 0 Å². The fourth-order valence-electron chi connectivity index (χ4n) is 4.24. The van der Waals surface area contributed by atoms with Gasteiger partial charge in [0.2, 0.25) is 10.0 Å². The highest BCUT2D eigenvalue weighted by Gasteiger charge is 2.28. The molecular formula is C22H29N3O2S2. The molecule has 4 rings (SSSR count). The summed E-state index contributed by atoms with van der Waals surface area (Å²) >= 11 is 1.99. The van der Waals surface area contributed by atoms with Crippen molar-refractivity contribution in [1.82, 2.24) is 9.80 Å². The molecule has 1 unspecified atom stereocenters. The molecule has 1 N–H and O–H groups in total. The summed E-state index contributed by atoms with van der Waals surface area (Å²) in [5, 5.41) is 0. The molecule has 0 aromatic heterocycles. The van der Waals surface area contributed by atoms with Crippen LogP contribution in [0.4, 0.5) is 5.69 Å². The number of piperazine rings is 1. The zero-order valence-electron chi connectivity index (χ0n) is 16.9. The Morgan fingerprint density at radius 1 is 1.03 bits per heavy atom. The van der Waals surface area contributed by atoms with Crippen LogP contribution in [0.25, 0.3) is 0 Å². The Labute approximate surface area is 178 Å². The standard InChI is InChI=1S/C22H29N3O2S2/c1-29(26,27)23-19-8-6-18(7-9-19)10-12-24-13-15-25(16-14-24)21-11-17-28-22-5-3-2-4-20(21)22/h2-9,21,23H,10-17H2,1H3. The van der Waals surface area contributed by atoms with Gasteiger partial charge in [0.25, 0.3) is 0 Å². The minimum atomic E-state index is -3.22. The molecular weight excluding hydrogens is 402 g/mol. The normalized spacial score (nSPS) is 20.9. The highest BCUT2D eigenvalue weighted by molar-refractivity contribution is 7.99. The largest absolute Gasteiger partial charge is 0.300 e. The van der Waals surface area contributed by atoms with Crippen molar-refractivity contribution in [3.63, 3.8) is 0 Å². The van der Waals surface area contributed by atoms with Gasteiger partial charge in [0.15, 0.2) is 0 Å². The van der Waals surface area contributed by atoms with Crippen molar-refractivity contribution in [2.24, 2.45) is 0 Å². The first-order chi connectivity index (χ1) is 14.0. The van der Waals surface area contributed by atoms with Gasteiger partial charge in [-0.05, 0) is 47.9 Å². The second-order valence-electron chi connectivity index (χ2n) is 7.89. The molecule has 0 aliphatic carbocycles. The van der Waals surface area contributed by atoms with Crippen molar-refractivity contribution in [2.75, 3.05) is 49.5 Å². The fraction of sp³-hybridized carbons (Fsp3) is 0.455. The van der Waals surface area contributed by atoms with Gasteiger partial charge in [-0.2, -0.15) is 0 Å². The van der Waals surface area contributed by atoms with Crippen LogP contribution in [0.5, 0.6) is 0 Å². The third kappa shape index (κ3) is 5.54. The summed E-state index contributed by atoms with van der Waals surface area (Å²) in [6.45, 7) is 5.52. The maximum absolute atomic E-state index is 11.3. The summed E-state index contributed by atoms with van der Waals surface area (Å²) in [6, 6.07) is 17.2. The van der Waals surface area contributed by atoms with E-state index < -0.39 is 10.0 Å². The number of sulfonamides is 1. The lowest BCUT2D eigenvalue weighted by Gasteiger charge is -2.41. The van der Waals surface area contributed by atoms with E-state index in [0.717, 1.165) is 39.1 Å². The molecule has 2 heterocycles. The SMILES string of the molecule is CS(=O)(=O)Nc1ccc(CCN2CCN(C3CCSc4ccccc43)CC2)cc1. The molecule has 0 bridgehead atoms. The maximum atomic E-state index is 11.3. The third-order valence-electron chi connectivity index (χ3n) is 5.75. The summed E-state index contributed by atoms with van der Waals surface area (Å²) in [6.07, 6.45) is 3.41. The van der Waals surface area contributed by atoms with Crippen molar-refractivity contribution >= 4 is 27.5 Å². The molecule has 2 aliphatic heterocycles. The van der Waals surface area contributed by atoms with Crippen molar-refractivity contribution in [3.8, 4) is 0 Å².